The number of pyridine rings is 1. The van der Waals surface area contributed by atoms with Gasteiger partial charge in [-0.05, 0) is 87.5 Å². The van der Waals surface area contributed by atoms with Crippen molar-refractivity contribution in [2.75, 3.05) is 0 Å². The molecule has 5 rings (SSSR count). The van der Waals surface area contributed by atoms with Gasteiger partial charge < -0.3 is 0 Å². The smallest absolute Gasteiger partial charge is 0.201 e. The van der Waals surface area contributed by atoms with Crippen molar-refractivity contribution in [3.05, 3.63) is 89.1 Å². The monoisotopic (exact) mass is 406 g/mol. The Morgan fingerprint density at radius 1 is 0.677 bits per heavy atom. The molecule has 3 aromatic carbocycles. The number of hydrogen-bond acceptors (Lipinski definition) is 0. The third-order valence-electron chi connectivity index (χ3n) is 8.09. The number of nitrogens with zero attached hydrogens (tertiary/aromatic N) is 1. The summed E-state index contributed by atoms with van der Waals surface area (Å²) >= 11 is 0. The largest absolute Gasteiger partial charge is 0.212 e. The van der Waals surface area contributed by atoms with E-state index in [0.29, 0.717) is 0 Å². The minimum atomic E-state index is 0.0243. The fourth-order valence-electron chi connectivity index (χ4n) is 5.52. The number of aryl methyl sites for hydroxylation is 2. The van der Waals surface area contributed by atoms with Crippen molar-refractivity contribution >= 4 is 10.8 Å². The highest BCUT2D eigenvalue weighted by atomic mass is 14.9. The molecule has 0 amide bonds. The van der Waals surface area contributed by atoms with E-state index in [0.717, 1.165) is 0 Å². The average molecular weight is 407 g/mol. The van der Waals surface area contributed by atoms with Gasteiger partial charge >= 0.3 is 0 Å². The number of benzene rings is 3. The van der Waals surface area contributed by atoms with Gasteiger partial charge in [-0.2, -0.15) is 0 Å². The molecule has 0 spiro atoms. The molecule has 31 heavy (non-hydrogen) atoms. The third-order valence-corrected chi connectivity index (χ3v) is 8.09. The lowest BCUT2D eigenvalue weighted by Crippen LogP contribution is -2.43. The van der Waals surface area contributed by atoms with Gasteiger partial charge in [-0.3, -0.25) is 0 Å². The summed E-state index contributed by atoms with van der Waals surface area (Å²) in [5.41, 5.74) is 11.0. The molecule has 0 fully saturated rings. The lowest BCUT2D eigenvalue weighted by Gasteiger charge is -2.49. The molecule has 0 bridgehead atoms. The van der Waals surface area contributed by atoms with Gasteiger partial charge in [0.15, 0.2) is 6.20 Å². The Balaban J connectivity index is 1.88. The molecule has 4 aromatic rings. The standard InChI is InChI=1S/C30H32N/c1-19-12-15-27(31(7)18-19)23-13-14-25-28(20(23)2)24-16-21-10-8-9-11-22(21)17-26(24)30(5,6)29(25,3)4/h8-18H,1-7H3/q+1. The van der Waals surface area contributed by atoms with Crippen LogP contribution in [0, 0.1) is 13.8 Å². The van der Waals surface area contributed by atoms with E-state index in [4.69, 9.17) is 0 Å². The van der Waals surface area contributed by atoms with Gasteiger partial charge in [-0.1, -0.05) is 58.0 Å². The van der Waals surface area contributed by atoms with E-state index in [-0.39, 0.29) is 10.8 Å². The molecule has 0 aliphatic heterocycles. The molecular weight excluding hydrogens is 374 g/mol. The quantitative estimate of drug-likeness (QED) is 0.295. The highest BCUT2D eigenvalue weighted by molar-refractivity contribution is 5.94. The summed E-state index contributed by atoms with van der Waals surface area (Å²) < 4.78 is 2.25. The van der Waals surface area contributed by atoms with Gasteiger partial charge in [0.2, 0.25) is 5.69 Å². The van der Waals surface area contributed by atoms with Crippen molar-refractivity contribution in [1.29, 1.82) is 0 Å². The first-order valence-corrected chi connectivity index (χ1v) is 11.3. The Labute approximate surface area is 186 Å². The highest BCUT2D eigenvalue weighted by Gasteiger charge is 2.46. The van der Waals surface area contributed by atoms with Crippen molar-refractivity contribution < 1.29 is 4.57 Å². The van der Waals surface area contributed by atoms with E-state index < -0.39 is 0 Å². The molecule has 1 heterocycles. The summed E-state index contributed by atoms with van der Waals surface area (Å²) in [5.74, 6) is 0. The number of rotatable bonds is 1. The van der Waals surface area contributed by atoms with Gasteiger partial charge in [0.25, 0.3) is 0 Å². The van der Waals surface area contributed by atoms with Crippen LogP contribution in [0.25, 0.3) is 33.2 Å². The number of fused-ring (bicyclic) bond motifs is 4. The third kappa shape index (κ3) is 2.72. The Morgan fingerprint density at radius 3 is 2.00 bits per heavy atom. The molecule has 1 nitrogen and oxygen atoms in total. The van der Waals surface area contributed by atoms with Gasteiger partial charge in [0, 0.05) is 17.2 Å². The van der Waals surface area contributed by atoms with Crippen LogP contribution in [0.2, 0.25) is 0 Å². The van der Waals surface area contributed by atoms with Gasteiger partial charge in [-0.15, -0.1) is 0 Å². The highest BCUT2D eigenvalue weighted by Crippen LogP contribution is 2.56. The zero-order valence-corrected chi connectivity index (χ0v) is 19.8. The van der Waals surface area contributed by atoms with Crippen LogP contribution in [-0.4, -0.2) is 0 Å². The summed E-state index contributed by atoms with van der Waals surface area (Å²) in [6, 6.07) is 22.8. The normalized spacial score (nSPS) is 16.1. The zero-order chi connectivity index (χ0) is 22.1. The van der Waals surface area contributed by atoms with Crippen LogP contribution < -0.4 is 4.57 Å². The van der Waals surface area contributed by atoms with E-state index in [1.165, 1.54) is 55.4 Å². The zero-order valence-electron chi connectivity index (χ0n) is 19.8. The molecule has 0 atom stereocenters. The molecule has 156 valence electrons. The van der Waals surface area contributed by atoms with Gasteiger partial charge in [0.1, 0.15) is 7.05 Å². The van der Waals surface area contributed by atoms with E-state index in [2.05, 4.69) is 120 Å². The van der Waals surface area contributed by atoms with Crippen molar-refractivity contribution in [2.45, 2.75) is 52.4 Å². The molecule has 0 unspecified atom stereocenters. The Kier molecular flexibility index (Phi) is 4.21. The summed E-state index contributed by atoms with van der Waals surface area (Å²) in [7, 11) is 2.15. The van der Waals surface area contributed by atoms with Crippen molar-refractivity contribution in [3.8, 4) is 22.4 Å². The molecule has 1 heteroatoms. The van der Waals surface area contributed by atoms with Gasteiger partial charge in [-0.25, -0.2) is 4.57 Å². The van der Waals surface area contributed by atoms with Crippen LogP contribution in [-0.2, 0) is 17.9 Å². The second-order valence-electron chi connectivity index (χ2n) is 10.4. The molecule has 0 saturated heterocycles. The van der Waals surface area contributed by atoms with Gasteiger partial charge in [0.05, 0.1) is 0 Å². The predicted molar refractivity (Wildman–Crippen MR) is 132 cm³/mol. The lowest BCUT2D eigenvalue weighted by molar-refractivity contribution is -0.660. The molecule has 1 aliphatic rings. The molecule has 1 aliphatic carbocycles. The average Bonchev–Trinajstić information content (AvgIpc) is 2.72. The maximum absolute atomic E-state index is 2.44. The van der Waals surface area contributed by atoms with Crippen molar-refractivity contribution in [1.82, 2.24) is 0 Å². The SMILES string of the molecule is Cc1ccc(-c2ccc3c(c2C)-c2cc4ccccc4cc2C(C)(C)C3(C)C)[n+](C)c1. The first kappa shape index (κ1) is 20.0. The van der Waals surface area contributed by atoms with Crippen LogP contribution in [0.1, 0.15) is 49.9 Å². The van der Waals surface area contributed by atoms with E-state index in [1.54, 1.807) is 0 Å². The Hall–Kier alpha value is -2.93. The summed E-state index contributed by atoms with van der Waals surface area (Å²) in [6.07, 6.45) is 2.21. The maximum Gasteiger partial charge on any atom is 0.212 e. The van der Waals surface area contributed by atoms with E-state index in [1.807, 2.05) is 0 Å². The Morgan fingerprint density at radius 2 is 1.32 bits per heavy atom. The molecule has 0 saturated carbocycles. The van der Waals surface area contributed by atoms with Crippen LogP contribution >= 0.6 is 0 Å². The summed E-state index contributed by atoms with van der Waals surface area (Å²) in [4.78, 5) is 0. The molecular formula is C30H32N+. The molecule has 0 radical (unpaired) electrons. The van der Waals surface area contributed by atoms with E-state index in [9.17, 15) is 0 Å². The lowest BCUT2D eigenvalue weighted by atomic mass is 9.54. The fourth-order valence-corrected chi connectivity index (χ4v) is 5.52. The van der Waals surface area contributed by atoms with Crippen molar-refractivity contribution in [3.63, 3.8) is 0 Å². The van der Waals surface area contributed by atoms with Crippen LogP contribution in [0.4, 0.5) is 0 Å². The second-order valence-corrected chi connectivity index (χ2v) is 10.4. The van der Waals surface area contributed by atoms with E-state index >= 15 is 0 Å². The minimum absolute atomic E-state index is 0.0243. The molecule has 1 aromatic heterocycles. The minimum Gasteiger partial charge on any atom is -0.201 e. The first-order valence-electron chi connectivity index (χ1n) is 11.3. The second kappa shape index (κ2) is 6.53. The van der Waals surface area contributed by atoms with Crippen LogP contribution in [0.15, 0.2) is 66.9 Å². The first-order chi connectivity index (χ1) is 14.6. The predicted octanol–water partition coefficient (Wildman–Crippen LogP) is 7.18. The topological polar surface area (TPSA) is 3.88 Å². The van der Waals surface area contributed by atoms with Crippen LogP contribution in [0.5, 0.6) is 0 Å². The Bertz CT molecular complexity index is 1350. The summed E-state index contributed by atoms with van der Waals surface area (Å²) in [5, 5.41) is 2.64. The fraction of sp³-hybridized carbons (Fsp3) is 0.300. The maximum atomic E-state index is 2.44. The van der Waals surface area contributed by atoms with Crippen molar-refractivity contribution in [2.24, 2.45) is 7.05 Å². The summed E-state index contributed by atoms with van der Waals surface area (Å²) in [6.45, 7) is 14.1. The number of hydrogen-bond donors (Lipinski definition) is 0. The number of aromatic nitrogens is 1. The van der Waals surface area contributed by atoms with Crippen LogP contribution in [0.3, 0.4) is 0 Å². The molecule has 0 N–H and O–H groups in total.